The predicted octanol–water partition coefficient (Wildman–Crippen LogP) is 3.41. The van der Waals surface area contributed by atoms with Crippen molar-refractivity contribution in [3.05, 3.63) is 52.7 Å². The Morgan fingerprint density at radius 2 is 2.05 bits per heavy atom. The second-order valence-corrected chi connectivity index (χ2v) is 5.74. The number of hydrogen-bond donors (Lipinski definition) is 1. The molecule has 2 aromatic rings. The minimum absolute atomic E-state index is 0.0534. The topological polar surface area (TPSA) is 46.3 Å². The van der Waals surface area contributed by atoms with Crippen LogP contribution in [0.25, 0.3) is 0 Å². The van der Waals surface area contributed by atoms with E-state index in [0.29, 0.717) is 19.4 Å². The highest BCUT2D eigenvalue weighted by Crippen LogP contribution is 2.19. The van der Waals surface area contributed by atoms with E-state index in [9.17, 15) is 4.79 Å². The highest BCUT2D eigenvalue weighted by atomic mass is 32.1. The van der Waals surface area contributed by atoms with Crippen molar-refractivity contribution in [1.29, 1.82) is 0 Å². The summed E-state index contributed by atoms with van der Waals surface area (Å²) in [5.41, 5.74) is 7.84. The number of amides is 1. The quantitative estimate of drug-likeness (QED) is 0.885. The summed E-state index contributed by atoms with van der Waals surface area (Å²) >= 11 is 1.65. The fourth-order valence-electron chi connectivity index (χ4n) is 1.98. The number of benzene rings is 1. The molecule has 1 atom stereocenters. The number of carbonyl (C=O) groups is 1. The molecule has 0 spiro atoms. The van der Waals surface area contributed by atoms with Crippen molar-refractivity contribution >= 4 is 22.9 Å². The minimum Gasteiger partial charge on any atom is -0.328 e. The third-order valence-corrected chi connectivity index (χ3v) is 3.84. The Hall–Kier alpha value is -1.65. The van der Waals surface area contributed by atoms with E-state index in [1.54, 1.807) is 11.3 Å². The molecule has 2 rings (SSSR count). The number of para-hydroxylation sites is 1. The van der Waals surface area contributed by atoms with Gasteiger partial charge in [0.25, 0.3) is 0 Å². The van der Waals surface area contributed by atoms with E-state index in [4.69, 9.17) is 5.73 Å². The van der Waals surface area contributed by atoms with Crippen LogP contribution in [-0.4, -0.2) is 11.9 Å². The predicted molar refractivity (Wildman–Crippen MR) is 84.8 cm³/mol. The Balaban J connectivity index is 2.13. The summed E-state index contributed by atoms with van der Waals surface area (Å²) in [6.45, 7) is 2.55. The lowest BCUT2D eigenvalue weighted by Crippen LogP contribution is -2.31. The maximum atomic E-state index is 12.4. The lowest BCUT2D eigenvalue weighted by molar-refractivity contribution is -0.118. The van der Waals surface area contributed by atoms with Crippen LogP contribution in [0, 0.1) is 0 Å². The van der Waals surface area contributed by atoms with Crippen molar-refractivity contribution < 1.29 is 4.79 Å². The van der Waals surface area contributed by atoms with Gasteiger partial charge in [-0.2, -0.15) is 11.3 Å². The number of hydrogen-bond acceptors (Lipinski definition) is 3. The van der Waals surface area contributed by atoms with E-state index < -0.39 is 0 Å². The van der Waals surface area contributed by atoms with Crippen molar-refractivity contribution in [2.24, 2.45) is 5.73 Å². The van der Waals surface area contributed by atoms with Crippen LogP contribution < -0.4 is 10.6 Å². The van der Waals surface area contributed by atoms with Crippen molar-refractivity contribution in [1.82, 2.24) is 0 Å². The molecule has 0 aliphatic carbocycles. The van der Waals surface area contributed by atoms with Crippen molar-refractivity contribution in [3.8, 4) is 0 Å². The van der Waals surface area contributed by atoms with Gasteiger partial charge in [0, 0.05) is 18.2 Å². The first kappa shape index (κ1) is 14.8. The van der Waals surface area contributed by atoms with E-state index in [0.717, 1.165) is 11.3 Å². The monoisotopic (exact) mass is 288 g/mol. The molecular formula is C16H20N2OS. The van der Waals surface area contributed by atoms with Crippen LogP contribution in [-0.2, 0) is 11.3 Å². The molecular weight excluding hydrogens is 268 g/mol. The molecule has 0 radical (unpaired) electrons. The standard InChI is InChI=1S/C16H20N2OS/c1-13(17)7-8-16(19)18(11-14-9-10-20-12-14)15-5-3-2-4-6-15/h2-6,9-10,12-13H,7-8,11,17H2,1H3. The van der Waals surface area contributed by atoms with Gasteiger partial charge in [0.15, 0.2) is 0 Å². The Morgan fingerprint density at radius 1 is 1.30 bits per heavy atom. The summed E-state index contributed by atoms with van der Waals surface area (Å²) in [4.78, 5) is 14.3. The van der Waals surface area contributed by atoms with Crippen LogP contribution in [0.5, 0.6) is 0 Å². The van der Waals surface area contributed by atoms with Gasteiger partial charge in [0.05, 0.1) is 6.54 Å². The summed E-state index contributed by atoms with van der Waals surface area (Å²) < 4.78 is 0. The average molecular weight is 288 g/mol. The van der Waals surface area contributed by atoms with Gasteiger partial charge in [-0.05, 0) is 47.9 Å². The van der Waals surface area contributed by atoms with Gasteiger partial charge in [-0.1, -0.05) is 18.2 Å². The number of nitrogens with zero attached hydrogens (tertiary/aromatic N) is 1. The SMILES string of the molecule is CC(N)CCC(=O)N(Cc1ccsc1)c1ccccc1. The van der Waals surface area contributed by atoms with Crippen molar-refractivity contribution in [3.63, 3.8) is 0 Å². The molecule has 1 aromatic carbocycles. The number of rotatable bonds is 6. The van der Waals surface area contributed by atoms with E-state index in [-0.39, 0.29) is 11.9 Å². The van der Waals surface area contributed by atoms with Crippen molar-refractivity contribution in [2.75, 3.05) is 4.90 Å². The molecule has 1 aromatic heterocycles. The minimum atomic E-state index is 0.0534. The molecule has 0 aliphatic rings. The van der Waals surface area contributed by atoms with Crippen LogP contribution in [0.15, 0.2) is 47.2 Å². The summed E-state index contributed by atoms with van der Waals surface area (Å²) in [5, 5.41) is 4.11. The van der Waals surface area contributed by atoms with E-state index in [1.165, 1.54) is 0 Å². The van der Waals surface area contributed by atoms with Gasteiger partial charge in [-0.15, -0.1) is 0 Å². The maximum absolute atomic E-state index is 12.4. The molecule has 0 fully saturated rings. The molecule has 2 N–H and O–H groups in total. The molecule has 4 heteroatoms. The normalized spacial score (nSPS) is 12.1. The average Bonchev–Trinajstić information content (AvgIpc) is 2.96. The molecule has 1 unspecified atom stereocenters. The summed E-state index contributed by atoms with van der Waals surface area (Å²) in [5.74, 6) is 0.125. The summed E-state index contributed by atoms with van der Waals surface area (Å²) in [6, 6.07) is 11.9. The van der Waals surface area contributed by atoms with Gasteiger partial charge in [-0.25, -0.2) is 0 Å². The van der Waals surface area contributed by atoms with Gasteiger partial charge >= 0.3 is 0 Å². The molecule has 20 heavy (non-hydrogen) atoms. The van der Waals surface area contributed by atoms with Gasteiger partial charge in [0.2, 0.25) is 5.91 Å². The first-order valence-corrected chi connectivity index (χ1v) is 7.73. The number of thiophene rings is 1. The number of nitrogens with two attached hydrogens (primary N) is 1. The van der Waals surface area contributed by atoms with Crippen LogP contribution in [0.3, 0.4) is 0 Å². The second-order valence-electron chi connectivity index (χ2n) is 4.96. The molecule has 0 saturated heterocycles. The fraction of sp³-hybridized carbons (Fsp3) is 0.312. The Kier molecular flexibility index (Phi) is 5.32. The van der Waals surface area contributed by atoms with E-state index in [2.05, 4.69) is 11.4 Å². The number of carbonyl (C=O) groups excluding carboxylic acids is 1. The Morgan fingerprint density at radius 3 is 2.65 bits per heavy atom. The molecule has 0 saturated carbocycles. The van der Waals surface area contributed by atoms with Crippen LogP contribution in [0.1, 0.15) is 25.3 Å². The zero-order valence-corrected chi connectivity index (χ0v) is 12.5. The molecule has 1 heterocycles. The lowest BCUT2D eigenvalue weighted by Gasteiger charge is -2.23. The van der Waals surface area contributed by atoms with Crippen LogP contribution in [0.4, 0.5) is 5.69 Å². The van der Waals surface area contributed by atoms with Crippen LogP contribution >= 0.6 is 11.3 Å². The Labute approximate surface area is 124 Å². The second kappa shape index (κ2) is 7.22. The molecule has 106 valence electrons. The third kappa shape index (κ3) is 4.18. The van der Waals surface area contributed by atoms with E-state index >= 15 is 0 Å². The zero-order valence-electron chi connectivity index (χ0n) is 11.7. The first-order valence-electron chi connectivity index (χ1n) is 6.79. The smallest absolute Gasteiger partial charge is 0.227 e. The first-order chi connectivity index (χ1) is 9.66. The molecule has 3 nitrogen and oxygen atoms in total. The molecule has 1 amide bonds. The largest absolute Gasteiger partial charge is 0.328 e. The summed E-state index contributed by atoms with van der Waals surface area (Å²) in [6.07, 6.45) is 1.20. The van der Waals surface area contributed by atoms with Gasteiger partial charge in [-0.3, -0.25) is 4.79 Å². The van der Waals surface area contributed by atoms with Crippen molar-refractivity contribution in [2.45, 2.75) is 32.4 Å². The van der Waals surface area contributed by atoms with E-state index in [1.807, 2.05) is 47.5 Å². The fourth-order valence-corrected chi connectivity index (χ4v) is 2.64. The lowest BCUT2D eigenvalue weighted by atomic mass is 10.1. The van der Waals surface area contributed by atoms with Crippen LogP contribution in [0.2, 0.25) is 0 Å². The molecule has 0 bridgehead atoms. The van der Waals surface area contributed by atoms with Gasteiger partial charge in [0.1, 0.15) is 0 Å². The highest BCUT2D eigenvalue weighted by Gasteiger charge is 2.16. The number of anilines is 1. The molecule has 0 aliphatic heterocycles. The maximum Gasteiger partial charge on any atom is 0.227 e. The van der Waals surface area contributed by atoms with Gasteiger partial charge < -0.3 is 10.6 Å². The zero-order chi connectivity index (χ0) is 14.4. The summed E-state index contributed by atoms with van der Waals surface area (Å²) in [7, 11) is 0. The third-order valence-electron chi connectivity index (χ3n) is 3.10. The highest BCUT2D eigenvalue weighted by molar-refractivity contribution is 7.07. The Bertz CT molecular complexity index is 523.